The Kier molecular flexibility index (Phi) is 4.60. The Morgan fingerprint density at radius 1 is 1.14 bits per heavy atom. The van der Waals surface area contributed by atoms with Gasteiger partial charge in [0.1, 0.15) is 11.4 Å². The minimum Gasteiger partial charge on any atom is -0.439 e. The molecule has 0 spiro atoms. The molecule has 1 saturated heterocycles. The molecule has 2 aromatic heterocycles. The van der Waals surface area contributed by atoms with Gasteiger partial charge in [0.05, 0.1) is 17.1 Å². The highest BCUT2D eigenvalue weighted by atomic mass is 19.4. The first kappa shape index (κ1) is 18.2. The van der Waals surface area contributed by atoms with Crippen LogP contribution < -0.4 is 15.4 Å². The van der Waals surface area contributed by atoms with Gasteiger partial charge < -0.3 is 15.4 Å². The molecule has 0 radical (unpaired) electrons. The summed E-state index contributed by atoms with van der Waals surface area (Å²) in [5.41, 5.74) is 0.0793. The Bertz CT molecular complexity index is 1020. The van der Waals surface area contributed by atoms with Crippen LogP contribution in [0.3, 0.4) is 0 Å². The molecule has 144 valence electrons. The number of nitrogens with zero attached hydrogens (tertiary/aromatic N) is 2. The zero-order chi connectivity index (χ0) is 19.7. The number of fused-ring (bicyclic) bond motifs is 1. The third-order valence-electron chi connectivity index (χ3n) is 4.30. The number of nitrogens with one attached hydrogen (secondary N) is 2. The van der Waals surface area contributed by atoms with Crippen molar-refractivity contribution in [1.29, 1.82) is 0 Å². The van der Waals surface area contributed by atoms with Crippen molar-refractivity contribution in [3.63, 3.8) is 0 Å². The van der Waals surface area contributed by atoms with Crippen molar-refractivity contribution in [1.82, 2.24) is 20.6 Å². The number of aromatic nitrogens is 2. The van der Waals surface area contributed by atoms with E-state index in [1.54, 1.807) is 30.3 Å². The lowest BCUT2D eigenvalue weighted by Gasteiger charge is -2.27. The van der Waals surface area contributed by atoms with Crippen LogP contribution >= 0.6 is 0 Å². The Hall–Kier alpha value is -3.20. The maximum Gasteiger partial charge on any atom is 0.417 e. The van der Waals surface area contributed by atoms with Crippen molar-refractivity contribution in [3.8, 4) is 11.6 Å². The fraction of sp³-hybridized carbons (Fsp3) is 0.211. The fourth-order valence-corrected chi connectivity index (χ4v) is 2.67. The van der Waals surface area contributed by atoms with Crippen LogP contribution in [-0.2, 0) is 6.18 Å². The van der Waals surface area contributed by atoms with E-state index in [0.717, 1.165) is 36.8 Å². The lowest BCUT2D eigenvalue weighted by molar-refractivity contribution is -0.137. The number of hydrogen-bond donors (Lipinski definition) is 2. The molecule has 6 nitrogen and oxygen atoms in total. The highest BCUT2D eigenvalue weighted by Gasteiger charge is 2.30. The van der Waals surface area contributed by atoms with E-state index in [0.29, 0.717) is 17.0 Å². The molecule has 9 heteroatoms. The summed E-state index contributed by atoms with van der Waals surface area (Å²) >= 11 is 0. The van der Waals surface area contributed by atoms with Gasteiger partial charge in [0.2, 0.25) is 5.88 Å². The van der Waals surface area contributed by atoms with Crippen LogP contribution in [0, 0.1) is 0 Å². The first-order chi connectivity index (χ1) is 13.4. The van der Waals surface area contributed by atoms with Gasteiger partial charge in [-0.3, -0.25) is 4.79 Å². The topological polar surface area (TPSA) is 76.1 Å². The molecule has 28 heavy (non-hydrogen) atoms. The largest absolute Gasteiger partial charge is 0.439 e. The van der Waals surface area contributed by atoms with E-state index in [2.05, 4.69) is 20.6 Å². The van der Waals surface area contributed by atoms with E-state index < -0.39 is 11.7 Å². The number of amides is 1. The first-order valence-corrected chi connectivity index (χ1v) is 8.52. The molecule has 0 aliphatic carbocycles. The third-order valence-corrected chi connectivity index (χ3v) is 4.30. The van der Waals surface area contributed by atoms with E-state index in [9.17, 15) is 18.0 Å². The fourth-order valence-electron chi connectivity index (χ4n) is 2.67. The summed E-state index contributed by atoms with van der Waals surface area (Å²) in [5.74, 6) is 0.215. The number of ether oxygens (including phenoxy) is 1. The molecule has 0 bridgehead atoms. The van der Waals surface area contributed by atoms with Gasteiger partial charge in [0.25, 0.3) is 5.91 Å². The number of benzene rings is 1. The van der Waals surface area contributed by atoms with Gasteiger partial charge in [-0.25, -0.2) is 9.97 Å². The van der Waals surface area contributed by atoms with E-state index >= 15 is 0 Å². The summed E-state index contributed by atoms with van der Waals surface area (Å²) in [4.78, 5) is 20.2. The van der Waals surface area contributed by atoms with Crippen molar-refractivity contribution in [2.75, 3.05) is 13.1 Å². The second-order valence-electron chi connectivity index (χ2n) is 6.36. The standard InChI is InChI=1S/C19H15F3N4O2/c20-19(21,22)12-2-6-17(24-8-12)28-14-3-5-15-11(7-14)1-4-16(26-15)18(27)25-13-9-23-10-13/h1-8,13,23H,9-10H2,(H,25,27). The number of halogens is 3. The third kappa shape index (κ3) is 3.89. The molecule has 1 aromatic carbocycles. The van der Waals surface area contributed by atoms with Crippen LogP contribution in [0.4, 0.5) is 13.2 Å². The molecule has 4 rings (SSSR count). The van der Waals surface area contributed by atoms with Gasteiger partial charge in [-0.15, -0.1) is 0 Å². The number of alkyl halides is 3. The summed E-state index contributed by atoms with van der Waals surface area (Å²) in [6, 6.07) is 10.5. The van der Waals surface area contributed by atoms with Gasteiger partial charge in [-0.1, -0.05) is 6.07 Å². The van der Waals surface area contributed by atoms with Crippen molar-refractivity contribution in [3.05, 3.63) is 59.9 Å². The number of carbonyl (C=O) groups excluding carboxylic acids is 1. The van der Waals surface area contributed by atoms with E-state index in [1.807, 2.05) is 0 Å². The minimum atomic E-state index is -4.45. The summed E-state index contributed by atoms with van der Waals surface area (Å²) in [6.07, 6.45) is -3.72. The van der Waals surface area contributed by atoms with Gasteiger partial charge in [-0.2, -0.15) is 13.2 Å². The second-order valence-corrected chi connectivity index (χ2v) is 6.36. The monoisotopic (exact) mass is 388 g/mol. The van der Waals surface area contributed by atoms with E-state index in [-0.39, 0.29) is 17.8 Å². The highest BCUT2D eigenvalue weighted by Crippen LogP contribution is 2.30. The zero-order valence-corrected chi connectivity index (χ0v) is 14.5. The maximum atomic E-state index is 12.6. The van der Waals surface area contributed by atoms with Crippen LogP contribution in [0.5, 0.6) is 11.6 Å². The SMILES string of the molecule is O=C(NC1CNC1)c1ccc2cc(Oc3ccc(C(F)(F)F)cn3)ccc2n1. The molecule has 3 heterocycles. The average molecular weight is 388 g/mol. The number of hydrogen-bond acceptors (Lipinski definition) is 5. The first-order valence-electron chi connectivity index (χ1n) is 8.52. The van der Waals surface area contributed by atoms with Gasteiger partial charge in [-0.05, 0) is 30.3 Å². The molecular formula is C19H15F3N4O2. The zero-order valence-electron chi connectivity index (χ0n) is 14.5. The van der Waals surface area contributed by atoms with E-state index in [1.165, 1.54) is 0 Å². The molecule has 2 N–H and O–H groups in total. The summed E-state index contributed by atoms with van der Waals surface area (Å²) in [5, 5.41) is 6.68. The van der Waals surface area contributed by atoms with Crippen molar-refractivity contribution in [2.24, 2.45) is 0 Å². The molecule has 1 fully saturated rings. The molecule has 3 aromatic rings. The van der Waals surface area contributed by atoms with Crippen LogP contribution in [0.1, 0.15) is 16.1 Å². The van der Waals surface area contributed by atoms with Crippen LogP contribution in [-0.4, -0.2) is 35.0 Å². The summed E-state index contributed by atoms with van der Waals surface area (Å²) < 4.78 is 43.3. The number of rotatable bonds is 4. The summed E-state index contributed by atoms with van der Waals surface area (Å²) in [6.45, 7) is 1.50. The second kappa shape index (κ2) is 7.08. The van der Waals surface area contributed by atoms with E-state index in [4.69, 9.17) is 4.74 Å². The predicted molar refractivity (Wildman–Crippen MR) is 95.2 cm³/mol. The van der Waals surface area contributed by atoms with Crippen LogP contribution in [0.25, 0.3) is 10.9 Å². The number of pyridine rings is 2. The Morgan fingerprint density at radius 2 is 1.96 bits per heavy atom. The Balaban J connectivity index is 1.50. The molecule has 1 aliphatic heterocycles. The molecule has 0 saturated carbocycles. The molecule has 1 amide bonds. The Labute approximate surface area is 157 Å². The lowest BCUT2D eigenvalue weighted by Crippen LogP contribution is -2.57. The quantitative estimate of drug-likeness (QED) is 0.718. The average Bonchev–Trinajstić information content (AvgIpc) is 2.64. The van der Waals surface area contributed by atoms with Crippen molar-refractivity contribution >= 4 is 16.8 Å². The lowest BCUT2D eigenvalue weighted by atomic mass is 10.1. The summed E-state index contributed by atoms with van der Waals surface area (Å²) in [7, 11) is 0. The maximum absolute atomic E-state index is 12.6. The predicted octanol–water partition coefficient (Wildman–Crippen LogP) is 3.14. The smallest absolute Gasteiger partial charge is 0.417 e. The number of carbonyl (C=O) groups is 1. The van der Waals surface area contributed by atoms with Gasteiger partial charge >= 0.3 is 6.18 Å². The molecule has 0 unspecified atom stereocenters. The van der Waals surface area contributed by atoms with Gasteiger partial charge in [0.15, 0.2) is 0 Å². The van der Waals surface area contributed by atoms with Crippen LogP contribution in [0.15, 0.2) is 48.7 Å². The minimum absolute atomic E-state index is 0.0467. The van der Waals surface area contributed by atoms with Crippen molar-refractivity contribution in [2.45, 2.75) is 12.2 Å². The normalized spacial score (nSPS) is 14.5. The van der Waals surface area contributed by atoms with Crippen molar-refractivity contribution < 1.29 is 22.7 Å². The molecular weight excluding hydrogens is 373 g/mol. The van der Waals surface area contributed by atoms with Gasteiger partial charge in [0, 0.05) is 30.7 Å². The Morgan fingerprint density at radius 3 is 2.61 bits per heavy atom. The molecule has 1 aliphatic rings. The molecule has 0 atom stereocenters. The van der Waals surface area contributed by atoms with Crippen LogP contribution in [0.2, 0.25) is 0 Å². The highest BCUT2D eigenvalue weighted by molar-refractivity contribution is 5.95.